The second-order valence-electron chi connectivity index (χ2n) is 4.82. The average Bonchev–Trinajstić information content (AvgIpc) is 3.10. The summed E-state index contributed by atoms with van der Waals surface area (Å²) in [5.74, 6) is -0.189. The smallest absolute Gasteiger partial charge is 0.188 e. The molecule has 0 saturated carbocycles. The largest absolute Gasteiger partial charge is 0.231 e. The molecule has 2 heterocycles. The van der Waals surface area contributed by atoms with Crippen molar-refractivity contribution in [2.45, 2.75) is 10.1 Å². The van der Waals surface area contributed by atoms with Gasteiger partial charge < -0.3 is 0 Å². The van der Waals surface area contributed by atoms with Crippen molar-refractivity contribution >= 4 is 32.9 Å². The number of aromatic nitrogens is 2. The summed E-state index contributed by atoms with van der Waals surface area (Å²) in [7, 11) is -3.44. The lowest BCUT2D eigenvalue weighted by Crippen LogP contribution is -2.09. The molecule has 0 unspecified atom stereocenters. The van der Waals surface area contributed by atoms with Gasteiger partial charge in [0.2, 0.25) is 0 Å². The molecule has 0 atom stereocenters. The first kappa shape index (κ1) is 17.1. The molecule has 3 rings (SSSR count). The molecule has 0 aliphatic rings. The van der Waals surface area contributed by atoms with Gasteiger partial charge in [0.25, 0.3) is 0 Å². The summed E-state index contributed by atoms with van der Waals surface area (Å²) >= 11 is 2.87. The van der Waals surface area contributed by atoms with Crippen LogP contribution >= 0.6 is 23.1 Å². The van der Waals surface area contributed by atoms with Gasteiger partial charge in [-0.2, -0.15) is 0 Å². The molecule has 1 aromatic carbocycles. The summed E-state index contributed by atoms with van der Waals surface area (Å²) in [5, 5.41) is 2.51. The number of sulfone groups is 1. The quantitative estimate of drug-likeness (QED) is 0.369. The summed E-state index contributed by atoms with van der Waals surface area (Å²) in [6.45, 7) is 0. The van der Waals surface area contributed by atoms with Crippen LogP contribution in [0.3, 0.4) is 0 Å². The van der Waals surface area contributed by atoms with E-state index in [0.717, 1.165) is 22.7 Å². The molecule has 3 aromatic rings. The zero-order valence-electron chi connectivity index (χ0n) is 12.4. The van der Waals surface area contributed by atoms with E-state index in [1.165, 1.54) is 23.9 Å². The van der Waals surface area contributed by atoms with Crippen molar-refractivity contribution in [2.75, 3.05) is 11.5 Å². The first-order valence-corrected chi connectivity index (χ1v) is 10.5. The first-order chi connectivity index (χ1) is 11.5. The number of halogens is 1. The number of hydrogen-bond acceptors (Lipinski definition) is 6. The van der Waals surface area contributed by atoms with Gasteiger partial charge in [0.05, 0.1) is 21.2 Å². The Morgan fingerprint density at radius 2 is 1.92 bits per heavy atom. The molecule has 0 fully saturated rings. The second kappa shape index (κ2) is 7.42. The van der Waals surface area contributed by atoms with Gasteiger partial charge in [-0.25, -0.2) is 22.8 Å². The predicted molar refractivity (Wildman–Crippen MR) is 94.5 cm³/mol. The number of hydrogen-bond donors (Lipinski definition) is 0. The van der Waals surface area contributed by atoms with Gasteiger partial charge in [-0.15, -0.1) is 11.3 Å². The number of benzene rings is 1. The maximum atomic E-state index is 12.9. The zero-order chi connectivity index (χ0) is 17.0. The lowest BCUT2D eigenvalue weighted by molar-refractivity contribution is 0.596. The van der Waals surface area contributed by atoms with Gasteiger partial charge in [-0.3, -0.25) is 0 Å². The van der Waals surface area contributed by atoms with E-state index < -0.39 is 15.7 Å². The topological polar surface area (TPSA) is 59.9 Å². The van der Waals surface area contributed by atoms with Gasteiger partial charge in [0.1, 0.15) is 5.82 Å². The Bertz CT molecular complexity index is 911. The van der Waals surface area contributed by atoms with Crippen LogP contribution in [0.5, 0.6) is 0 Å². The zero-order valence-corrected chi connectivity index (χ0v) is 14.9. The fourth-order valence-corrected chi connectivity index (χ4v) is 5.15. The van der Waals surface area contributed by atoms with Crippen LogP contribution in [0.25, 0.3) is 10.6 Å². The maximum Gasteiger partial charge on any atom is 0.188 e. The Morgan fingerprint density at radius 3 is 2.62 bits per heavy atom. The van der Waals surface area contributed by atoms with Crippen molar-refractivity contribution in [3.05, 3.63) is 59.9 Å². The minimum atomic E-state index is -3.44. The molecule has 0 aliphatic heterocycles. The van der Waals surface area contributed by atoms with Crippen LogP contribution in [-0.2, 0) is 9.84 Å². The SMILES string of the molecule is O=S(=O)(CCSc1nccc(-c2cccs2)n1)c1ccc(F)cc1. The van der Waals surface area contributed by atoms with Gasteiger partial charge in [-0.1, -0.05) is 17.8 Å². The average molecular weight is 380 g/mol. The van der Waals surface area contributed by atoms with E-state index in [9.17, 15) is 12.8 Å². The third-order valence-corrected chi connectivity index (χ3v) is 6.91. The van der Waals surface area contributed by atoms with Crippen LogP contribution < -0.4 is 0 Å². The van der Waals surface area contributed by atoms with E-state index in [2.05, 4.69) is 9.97 Å². The second-order valence-corrected chi connectivity index (χ2v) is 8.94. The predicted octanol–water partition coefficient (Wildman–Crippen LogP) is 3.91. The van der Waals surface area contributed by atoms with Crippen molar-refractivity contribution < 1.29 is 12.8 Å². The van der Waals surface area contributed by atoms with Gasteiger partial charge >= 0.3 is 0 Å². The summed E-state index contributed by atoms with van der Waals surface area (Å²) in [4.78, 5) is 9.77. The van der Waals surface area contributed by atoms with Gasteiger partial charge in [0, 0.05) is 11.9 Å². The van der Waals surface area contributed by atoms with Gasteiger partial charge in [-0.05, 0) is 41.8 Å². The fraction of sp³-hybridized carbons (Fsp3) is 0.125. The molecular weight excluding hydrogens is 367 g/mol. The molecule has 2 aromatic heterocycles. The minimum absolute atomic E-state index is 0.0596. The first-order valence-electron chi connectivity index (χ1n) is 7.03. The maximum absolute atomic E-state index is 12.9. The Balaban J connectivity index is 1.64. The van der Waals surface area contributed by atoms with E-state index in [4.69, 9.17) is 0 Å². The van der Waals surface area contributed by atoms with Crippen molar-refractivity contribution in [2.24, 2.45) is 0 Å². The third-order valence-electron chi connectivity index (χ3n) is 3.16. The van der Waals surface area contributed by atoms with Crippen LogP contribution in [0.1, 0.15) is 0 Å². The number of thioether (sulfide) groups is 1. The van der Waals surface area contributed by atoms with Crippen LogP contribution in [0.2, 0.25) is 0 Å². The Morgan fingerprint density at radius 1 is 1.12 bits per heavy atom. The molecule has 0 bridgehead atoms. The summed E-state index contributed by atoms with van der Waals surface area (Å²) in [5.41, 5.74) is 0.823. The molecule has 0 radical (unpaired) electrons. The highest BCUT2D eigenvalue weighted by molar-refractivity contribution is 8.00. The molecule has 0 saturated heterocycles. The van der Waals surface area contributed by atoms with E-state index >= 15 is 0 Å². The third kappa shape index (κ3) is 4.19. The highest BCUT2D eigenvalue weighted by atomic mass is 32.2. The number of thiophene rings is 1. The van der Waals surface area contributed by atoms with E-state index in [0.29, 0.717) is 10.9 Å². The molecule has 0 spiro atoms. The number of nitrogens with zero attached hydrogens (tertiary/aromatic N) is 2. The van der Waals surface area contributed by atoms with E-state index in [1.54, 1.807) is 17.5 Å². The van der Waals surface area contributed by atoms with E-state index in [1.807, 2.05) is 23.6 Å². The van der Waals surface area contributed by atoms with Crippen molar-refractivity contribution in [3.8, 4) is 10.6 Å². The monoisotopic (exact) mass is 380 g/mol. The lowest BCUT2D eigenvalue weighted by Gasteiger charge is -2.05. The normalized spacial score (nSPS) is 11.5. The van der Waals surface area contributed by atoms with Crippen molar-refractivity contribution in [3.63, 3.8) is 0 Å². The van der Waals surface area contributed by atoms with Crippen LogP contribution in [0, 0.1) is 5.82 Å². The van der Waals surface area contributed by atoms with Crippen LogP contribution in [0.4, 0.5) is 4.39 Å². The Kier molecular flexibility index (Phi) is 5.27. The standard InChI is InChI=1S/C16H13FN2O2S3/c17-12-3-5-13(6-4-12)24(20,21)11-10-23-16-18-8-7-14(19-16)15-2-1-9-22-15/h1-9H,10-11H2. The minimum Gasteiger partial charge on any atom is -0.231 e. The number of rotatable bonds is 6. The molecule has 8 heteroatoms. The molecule has 0 N–H and O–H groups in total. The fourth-order valence-electron chi connectivity index (χ4n) is 1.97. The molecule has 0 amide bonds. The Hall–Kier alpha value is -1.77. The molecule has 4 nitrogen and oxygen atoms in total. The van der Waals surface area contributed by atoms with Gasteiger partial charge in [0.15, 0.2) is 15.0 Å². The summed E-state index contributed by atoms with van der Waals surface area (Å²) in [6, 6.07) is 10.6. The highest BCUT2D eigenvalue weighted by Crippen LogP contribution is 2.24. The molecular formula is C16H13FN2O2S3. The van der Waals surface area contributed by atoms with Crippen molar-refractivity contribution in [1.82, 2.24) is 9.97 Å². The molecule has 0 aliphatic carbocycles. The summed E-state index contributed by atoms with van der Waals surface area (Å²) < 4.78 is 37.3. The van der Waals surface area contributed by atoms with E-state index in [-0.39, 0.29) is 10.6 Å². The van der Waals surface area contributed by atoms with Crippen LogP contribution in [-0.4, -0.2) is 29.9 Å². The summed E-state index contributed by atoms with van der Waals surface area (Å²) in [6.07, 6.45) is 1.67. The lowest BCUT2D eigenvalue weighted by atomic mass is 10.3. The Labute approximate surface area is 147 Å². The van der Waals surface area contributed by atoms with Crippen molar-refractivity contribution in [1.29, 1.82) is 0 Å². The molecule has 124 valence electrons. The van der Waals surface area contributed by atoms with Crippen LogP contribution in [0.15, 0.2) is 64.1 Å². The molecule has 24 heavy (non-hydrogen) atoms. The highest BCUT2D eigenvalue weighted by Gasteiger charge is 2.15.